The summed E-state index contributed by atoms with van der Waals surface area (Å²) in [6, 6.07) is 8.35. The van der Waals surface area contributed by atoms with E-state index in [1.165, 1.54) is 4.90 Å². The zero-order chi connectivity index (χ0) is 15.9. The average Bonchev–Trinajstić information content (AvgIpc) is 2.96. The van der Waals surface area contributed by atoms with Crippen molar-refractivity contribution in [3.05, 3.63) is 46.3 Å². The third-order valence-corrected chi connectivity index (χ3v) is 3.45. The van der Waals surface area contributed by atoms with Gasteiger partial charge in [-0.25, -0.2) is 13.6 Å². The van der Waals surface area contributed by atoms with Crippen molar-refractivity contribution in [2.24, 2.45) is 5.11 Å². The quantitative estimate of drug-likeness (QED) is 0.475. The first-order valence-electron chi connectivity index (χ1n) is 6.92. The summed E-state index contributed by atoms with van der Waals surface area (Å²) in [5.41, 5.74) is 9.03. The second-order valence-corrected chi connectivity index (χ2v) is 5.04. The fraction of sp³-hybridized carbons (Fsp3) is 0.500. The molecule has 1 saturated heterocycles. The van der Waals surface area contributed by atoms with Crippen molar-refractivity contribution in [1.29, 1.82) is 0 Å². The standard InChI is InChI=1S/C14H16F2N4O2/c15-13(16)12(8-10-4-2-1-3-5-10)22-14(21)20-7-6-11(9-20)18-19-17/h1-5,11-13H,6-9H2. The fourth-order valence-corrected chi connectivity index (χ4v) is 2.31. The van der Waals surface area contributed by atoms with Crippen LogP contribution in [0.25, 0.3) is 10.4 Å². The molecule has 2 rings (SSSR count). The van der Waals surface area contributed by atoms with Crippen LogP contribution in [-0.2, 0) is 11.2 Å². The van der Waals surface area contributed by atoms with E-state index in [0.29, 0.717) is 18.5 Å². The third kappa shape index (κ3) is 4.33. The Morgan fingerprint density at radius 3 is 2.82 bits per heavy atom. The van der Waals surface area contributed by atoms with Crippen molar-refractivity contribution in [2.75, 3.05) is 13.1 Å². The van der Waals surface area contributed by atoms with E-state index in [4.69, 9.17) is 10.3 Å². The molecule has 0 aliphatic carbocycles. The van der Waals surface area contributed by atoms with Gasteiger partial charge in [0.1, 0.15) is 0 Å². The van der Waals surface area contributed by atoms with Crippen LogP contribution >= 0.6 is 0 Å². The maximum absolute atomic E-state index is 13.1. The first kappa shape index (κ1) is 16.0. The second kappa shape index (κ2) is 7.61. The molecule has 1 heterocycles. The molecule has 0 radical (unpaired) electrons. The van der Waals surface area contributed by atoms with Crippen LogP contribution in [0.2, 0.25) is 0 Å². The van der Waals surface area contributed by atoms with Gasteiger partial charge in [-0.2, -0.15) is 0 Å². The molecule has 8 heteroatoms. The molecule has 1 fully saturated rings. The normalized spacial score (nSPS) is 18.9. The lowest BCUT2D eigenvalue weighted by Crippen LogP contribution is -2.36. The summed E-state index contributed by atoms with van der Waals surface area (Å²) in [6.07, 6.45) is -4.58. The molecule has 118 valence electrons. The van der Waals surface area contributed by atoms with E-state index in [9.17, 15) is 13.6 Å². The molecule has 1 amide bonds. The van der Waals surface area contributed by atoms with E-state index in [-0.39, 0.29) is 19.0 Å². The molecule has 1 aliphatic heterocycles. The van der Waals surface area contributed by atoms with Crippen LogP contribution < -0.4 is 0 Å². The Morgan fingerprint density at radius 2 is 2.18 bits per heavy atom. The summed E-state index contributed by atoms with van der Waals surface area (Å²) in [5.74, 6) is 0. The Morgan fingerprint density at radius 1 is 1.45 bits per heavy atom. The van der Waals surface area contributed by atoms with E-state index in [2.05, 4.69) is 10.0 Å². The predicted octanol–water partition coefficient (Wildman–Crippen LogP) is 3.38. The number of azide groups is 1. The minimum Gasteiger partial charge on any atom is -0.440 e. The zero-order valence-electron chi connectivity index (χ0n) is 11.8. The van der Waals surface area contributed by atoms with Gasteiger partial charge >= 0.3 is 6.09 Å². The number of nitrogens with zero attached hydrogens (tertiary/aromatic N) is 4. The van der Waals surface area contributed by atoms with Crippen molar-refractivity contribution < 1.29 is 18.3 Å². The van der Waals surface area contributed by atoms with Gasteiger partial charge in [0.15, 0.2) is 6.10 Å². The molecule has 2 unspecified atom stereocenters. The molecule has 22 heavy (non-hydrogen) atoms. The van der Waals surface area contributed by atoms with Crippen molar-refractivity contribution in [1.82, 2.24) is 4.90 Å². The molecular weight excluding hydrogens is 294 g/mol. The van der Waals surface area contributed by atoms with Gasteiger partial charge in [-0.3, -0.25) is 0 Å². The highest BCUT2D eigenvalue weighted by Crippen LogP contribution is 2.18. The predicted molar refractivity (Wildman–Crippen MR) is 75.5 cm³/mol. The number of amides is 1. The Balaban J connectivity index is 1.93. The lowest BCUT2D eigenvalue weighted by Gasteiger charge is -2.22. The van der Waals surface area contributed by atoms with Crippen LogP contribution in [0.3, 0.4) is 0 Å². The Bertz CT molecular complexity index is 549. The van der Waals surface area contributed by atoms with Crippen LogP contribution in [0, 0.1) is 0 Å². The van der Waals surface area contributed by atoms with E-state index in [0.717, 1.165) is 0 Å². The first-order valence-corrected chi connectivity index (χ1v) is 6.92. The van der Waals surface area contributed by atoms with Crippen LogP contribution in [0.5, 0.6) is 0 Å². The van der Waals surface area contributed by atoms with Crippen LogP contribution in [0.4, 0.5) is 13.6 Å². The van der Waals surface area contributed by atoms with Crippen LogP contribution in [-0.4, -0.2) is 42.7 Å². The van der Waals surface area contributed by atoms with E-state index < -0.39 is 18.6 Å². The molecule has 0 N–H and O–H groups in total. The molecular formula is C14H16F2N4O2. The zero-order valence-corrected chi connectivity index (χ0v) is 11.8. The molecule has 1 aromatic rings. The summed E-state index contributed by atoms with van der Waals surface area (Å²) >= 11 is 0. The number of benzene rings is 1. The highest BCUT2D eigenvalue weighted by molar-refractivity contribution is 5.68. The number of ether oxygens (including phenoxy) is 1. The van der Waals surface area contributed by atoms with Gasteiger partial charge in [0, 0.05) is 24.4 Å². The third-order valence-electron chi connectivity index (χ3n) is 3.45. The molecule has 6 nitrogen and oxygen atoms in total. The molecule has 2 atom stereocenters. The van der Waals surface area contributed by atoms with Gasteiger partial charge in [-0.1, -0.05) is 35.4 Å². The number of hydrogen-bond acceptors (Lipinski definition) is 3. The van der Waals surface area contributed by atoms with Crippen molar-refractivity contribution in [3.8, 4) is 0 Å². The Kier molecular flexibility index (Phi) is 5.55. The van der Waals surface area contributed by atoms with Gasteiger partial charge in [0.25, 0.3) is 6.43 Å². The number of carbonyl (C=O) groups is 1. The second-order valence-electron chi connectivity index (χ2n) is 5.04. The van der Waals surface area contributed by atoms with Crippen molar-refractivity contribution >= 4 is 6.09 Å². The maximum atomic E-state index is 13.1. The first-order chi connectivity index (χ1) is 10.6. The van der Waals surface area contributed by atoms with Crippen molar-refractivity contribution in [3.63, 3.8) is 0 Å². The maximum Gasteiger partial charge on any atom is 0.410 e. The highest BCUT2D eigenvalue weighted by atomic mass is 19.3. The largest absolute Gasteiger partial charge is 0.440 e. The Labute approximate surface area is 126 Å². The SMILES string of the molecule is [N-]=[N+]=NC1CCN(C(=O)OC(Cc2ccccc2)C(F)F)C1. The lowest BCUT2D eigenvalue weighted by atomic mass is 10.1. The monoisotopic (exact) mass is 310 g/mol. The van der Waals surface area contributed by atoms with Gasteiger partial charge in [0.05, 0.1) is 6.04 Å². The molecule has 0 aromatic heterocycles. The summed E-state index contributed by atoms with van der Waals surface area (Å²) in [6.45, 7) is 0.536. The number of alkyl halides is 2. The van der Waals surface area contributed by atoms with E-state index in [1.54, 1.807) is 30.3 Å². The summed E-state index contributed by atoms with van der Waals surface area (Å²) in [5, 5.41) is 3.52. The van der Waals surface area contributed by atoms with Crippen molar-refractivity contribution in [2.45, 2.75) is 31.4 Å². The summed E-state index contributed by atoms with van der Waals surface area (Å²) in [4.78, 5) is 15.9. The average molecular weight is 310 g/mol. The summed E-state index contributed by atoms with van der Waals surface area (Å²) in [7, 11) is 0. The summed E-state index contributed by atoms with van der Waals surface area (Å²) < 4.78 is 31.1. The number of likely N-dealkylation sites (tertiary alicyclic amines) is 1. The van der Waals surface area contributed by atoms with Gasteiger partial charge < -0.3 is 9.64 Å². The highest BCUT2D eigenvalue weighted by Gasteiger charge is 2.31. The van der Waals surface area contributed by atoms with E-state index >= 15 is 0 Å². The van der Waals surface area contributed by atoms with E-state index in [1.807, 2.05) is 0 Å². The van der Waals surface area contributed by atoms with Crippen LogP contribution in [0.15, 0.2) is 35.4 Å². The fourth-order valence-electron chi connectivity index (χ4n) is 2.31. The number of halogens is 2. The minimum atomic E-state index is -2.76. The molecule has 1 aromatic carbocycles. The minimum absolute atomic E-state index is 0.0438. The van der Waals surface area contributed by atoms with Gasteiger partial charge in [-0.05, 0) is 17.5 Å². The molecule has 0 bridgehead atoms. The number of carbonyl (C=O) groups excluding carboxylic acids is 1. The Hall–Kier alpha value is -2.34. The lowest BCUT2D eigenvalue weighted by molar-refractivity contribution is -0.0273. The smallest absolute Gasteiger partial charge is 0.410 e. The van der Waals surface area contributed by atoms with Gasteiger partial charge in [-0.15, -0.1) is 0 Å². The molecule has 0 saturated carbocycles. The number of rotatable bonds is 5. The van der Waals surface area contributed by atoms with Crippen LogP contribution in [0.1, 0.15) is 12.0 Å². The molecule has 1 aliphatic rings. The molecule has 0 spiro atoms. The number of hydrogen-bond donors (Lipinski definition) is 0. The topological polar surface area (TPSA) is 78.3 Å². The van der Waals surface area contributed by atoms with Gasteiger partial charge in [0.2, 0.25) is 0 Å².